The third-order valence-corrected chi connectivity index (χ3v) is 27.6. The summed E-state index contributed by atoms with van der Waals surface area (Å²) in [6, 6.07) is 40.2. The summed E-state index contributed by atoms with van der Waals surface area (Å²) in [5, 5.41) is 7.14. The number of hydrogen-bond acceptors (Lipinski definition) is 13. The number of rotatable bonds is 0. The van der Waals surface area contributed by atoms with Crippen LogP contribution in [0, 0.1) is 0 Å². The van der Waals surface area contributed by atoms with Crippen LogP contribution < -0.4 is 25.3 Å². The molecule has 0 bridgehead atoms. The predicted octanol–water partition coefficient (Wildman–Crippen LogP) is 28.5. The molecule has 2 N–H and O–H groups in total. The molecule has 2 saturated heterocycles. The van der Waals surface area contributed by atoms with E-state index in [1.165, 1.54) is 90.1 Å². The lowest BCUT2D eigenvalue weighted by molar-refractivity contribution is -0.116. The molecule has 8 heterocycles. The summed E-state index contributed by atoms with van der Waals surface area (Å²) in [6.07, 6.45) is 9.87. The van der Waals surface area contributed by atoms with E-state index in [0.29, 0.717) is 31.6 Å². The van der Waals surface area contributed by atoms with Gasteiger partial charge in [0.1, 0.15) is 28.0 Å². The highest BCUT2D eigenvalue weighted by Gasteiger charge is 2.47. The van der Waals surface area contributed by atoms with E-state index in [2.05, 4.69) is 272 Å². The zero-order valence-corrected chi connectivity index (χ0v) is 91.6. The Labute approximate surface area is 821 Å². The zero-order valence-electron chi connectivity index (χ0n) is 91.6. The molecule has 6 aromatic carbocycles. The molecule has 0 atom stereocenters. The lowest BCUT2D eigenvalue weighted by atomic mass is 9.67. The van der Waals surface area contributed by atoms with E-state index in [1.54, 1.807) is 21.6 Å². The third kappa shape index (κ3) is 29.4. The van der Waals surface area contributed by atoms with Crippen molar-refractivity contribution in [3.05, 3.63) is 182 Å². The number of carbonyl (C=O) groups is 6. The van der Waals surface area contributed by atoms with Gasteiger partial charge in [0.25, 0.3) is 0 Å². The van der Waals surface area contributed by atoms with Crippen LogP contribution in [0.4, 0.5) is 52.4 Å². The van der Waals surface area contributed by atoms with E-state index in [1.807, 2.05) is 119 Å². The third-order valence-electron chi connectivity index (χ3n) is 27.6. The average Bonchev–Trinajstić information content (AvgIpc) is 0.734. The number of hydrogen-bond donors (Lipinski definition) is 2. The number of piperidine rings is 2. The first-order chi connectivity index (χ1) is 62.1. The second-order valence-corrected chi connectivity index (χ2v) is 52.1. The van der Waals surface area contributed by atoms with Crippen molar-refractivity contribution in [1.82, 2.24) is 14.7 Å². The number of likely N-dealkylation sites (tertiary alicyclic amines) is 2. The van der Waals surface area contributed by atoms with Crippen LogP contribution in [0.5, 0.6) is 0 Å². The van der Waals surface area contributed by atoms with Gasteiger partial charge in [-0.2, -0.15) is 0 Å². The van der Waals surface area contributed by atoms with E-state index < -0.39 is 28.0 Å². The van der Waals surface area contributed by atoms with Crippen LogP contribution in [-0.4, -0.2) is 145 Å². The van der Waals surface area contributed by atoms with Crippen molar-refractivity contribution in [2.24, 2.45) is 0 Å². The summed E-state index contributed by atoms with van der Waals surface area (Å²) < 4.78 is 27.7. The number of nitrogens with one attached hydrogen (secondary N) is 2. The Morgan fingerprint density at radius 3 is 1.02 bits per heavy atom. The molecule has 19 heteroatoms. The van der Waals surface area contributed by atoms with Gasteiger partial charge in [-0.3, -0.25) is 14.6 Å². The maximum Gasteiger partial charge on any atom is 0.414 e. The van der Waals surface area contributed by atoms with Crippen LogP contribution in [0.2, 0.25) is 0 Å². The van der Waals surface area contributed by atoms with Crippen LogP contribution in [0.15, 0.2) is 109 Å². The van der Waals surface area contributed by atoms with Crippen molar-refractivity contribution in [3.63, 3.8) is 0 Å². The van der Waals surface area contributed by atoms with E-state index >= 15 is 0 Å². The lowest BCUT2D eigenvalue weighted by Gasteiger charge is -2.48. The topological polar surface area (TPSA) is 192 Å². The normalized spacial score (nSPS) is 17.9. The van der Waals surface area contributed by atoms with Gasteiger partial charge in [0.05, 0.1) is 11.4 Å². The maximum atomic E-state index is 12.7. The second-order valence-electron chi connectivity index (χ2n) is 52.1. The van der Waals surface area contributed by atoms with Gasteiger partial charge in [0.2, 0.25) is 5.91 Å². The van der Waals surface area contributed by atoms with E-state index in [9.17, 15) is 28.8 Å². The molecule has 0 unspecified atom stereocenters. The number of amides is 6. The molecule has 2 spiro atoms. The molecular formula is C117H178N8O11. The number of carbonyl (C=O) groups excluding carboxylic acids is 6. The number of fused-ring (bicyclic) bond motifs is 8. The molecule has 136 heavy (non-hydrogen) atoms. The molecule has 6 amide bonds. The molecule has 14 rings (SSSR count). The van der Waals surface area contributed by atoms with Crippen molar-refractivity contribution in [2.45, 2.75) is 422 Å². The molecular weight excluding hydrogens is 1690 g/mol. The summed E-state index contributed by atoms with van der Waals surface area (Å²) in [6.45, 7) is 88.0. The summed E-state index contributed by atoms with van der Waals surface area (Å²) in [4.78, 5) is 85.5. The minimum absolute atomic E-state index is 0.0240. The molecule has 8 aliphatic heterocycles. The average molecular weight is 1870 g/mol. The van der Waals surface area contributed by atoms with Crippen molar-refractivity contribution in [1.29, 1.82) is 0 Å². The largest absolute Gasteiger partial charge is 0.444 e. The summed E-state index contributed by atoms with van der Waals surface area (Å²) in [5.74, 6) is 0.0957. The maximum absolute atomic E-state index is 12.7. The predicted molar refractivity (Wildman–Crippen MR) is 564 cm³/mol. The Hall–Kier alpha value is -9.26. The van der Waals surface area contributed by atoms with Gasteiger partial charge in [-0.1, -0.05) is 231 Å². The summed E-state index contributed by atoms with van der Waals surface area (Å²) in [5.41, 5.74) is 21.7. The molecule has 8 aliphatic rings. The van der Waals surface area contributed by atoms with Gasteiger partial charge >= 0.3 is 30.5 Å². The van der Waals surface area contributed by atoms with E-state index in [-0.39, 0.29) is 85.1 Å². The number of benzene rings is 6. The first-order valence-corrected chi connectivity index (χ1v) is 50.6. The fraction of sp³-hybridized carbons (Fsp3) is 0.641. The standard InChI is InChI=1S/C24H36N2O3.C22H34N2O2.C20H31NO2.2C18H27NO2.C15H23N/c1-17(27)26-15-12-24(19-9-8-18(16-20(19)26)22(2,3)4)10-13-25(14-11-24)21(28)29-23(5,6)7;1-20(2,3)16-7-8-17-18(15-16)23-12-9-22(17)10-13-24(14-11-22)19(25)26-21(4,5)6;1-18(2,3)14-9-10-15-16(13-14)21(12-11-20(15,7)8)17(22)23-19(4,5)6;1-17(2,3)15-8-7-13-9-10-19(12-14(13)11-15)16(20)21-18(4,5)6;1-17(2,3)14-10-9-13-8-7-11-19(15(13)12-14)16(20)21-18(4,5)6;1-14(2,3)11-6-7-12-13(10-11)16-9-8-15(12,4)5/h8-9,16H,10-15H2,1-7H3;7-8,15,23H,9-14H2,1-6H3;9-10,13H,11-12H2,1-8H3;7-8,11H,9-10,12H2,1-6H3;9-10,12H,7-8,11H2,1-6H3;6-7,10,16H,8-9H2,1-5H3. The molecule has 2 fully saturated rings. The highest BCUT2D eigenvalue weighted by Crippen LogP contribution is 2.51. The van der Waals surface area contributed by atoms with Crippen molar-refractivity contribution >= 4 is 64.8 Å². The van der Waals surface area contributed by atoms with Crippen molar-refractivity contribution < 1.29 is 52.5 Å². The summed E-state index contributed by atoms with van der Waals surface area (Å²) >= 11 is 0. The Morgan fingerprint density at radius 1 is 0.279 bits per heavy atom. The second kappa shape index (κ2) is 41.3. The van der Waals surface area contributed by atoms with Gasteiger partial charge < -0.3 is 53.9 Å². The minimum Gasteiger partial charge on any atom is -0.444 e. The number of ether oxygens (including phenoxy) is 5. The molecule has 0 aromatic heterocycles. The van der Waals surface area contributed by atoms with Crippen LogP contribution in [0.3, 0.4) is 0 Å². The molecule has 0 radical (unpaired) electrons. The highest BCUT2D eigenvalue weighted by atomic mass is 16.6. The molecule has 19 nitrogen and oxygen atoms in total. The van der Waals surface area contributed by atoms with Gasteiger partial charge in [-0.15, -0.1) is 0 Å². The fourth-order valence-electron chi connectivity index (χ4n) is 19.1. The number of nitrogens with zero attached hydrogens (tertiary/aromatic N) is 6. The molecule has 0 saturated carbocycles. The van der Waals surface area contributed by atoms with Crippen LogP contribution >= 0.6 is 0 Å². The highest BCUT2D eigenvalue weighted by molar-refractivity contribution is 5.94. The van der Waals surface area contributed by atoms with Gasteiger partial charge in [-0.25, -0.2) is 24.0 Å². The monoisotopic (exact) mass is 1870 g/mol. The van der Waals surface area contributed by atoms with Crippen LogP contribution in [0.1, 0.15) is 393 Å². The first kappa shape index (κ1) is 110. The first-order valence-electron chi connectivity index (χ1n) is 50.6. The van der Waals surface area contributed by atoms with Crippen molar-refractivity contribution in [3.8, 4) is 0 Å². The molecule has 6 aromatic rings. The van der Waals surface area contributed by atoms with Gasteiger partial charge in [0, 0.05) is 107 Å². The Kier molecular flexibility index (Phi) is 33.5. The van der Waals surface area contributed by atoms with E-state index in [0.717, 1.165) is 127 Å². The lowest BCUT2D eigenvalue weighted by Crippen LogP contribution is -2.50. The number of aryl methyl sites for hydroxylation is 1. The van der Waals surface area contributed by atoms with Crippen LogP contribution in [0.25, 0.3) is 0 Å². The van der Waals surface area contributed by atoms with Gasteiger partial charge in [0.15, 0.2) is 0 Å². The Bertz CT molecular complexity index is 5190. The van der Waals surface area contributed by atoms with Crippen LogP contribution in [-0.2, 0) is 102 Å². The van der Waals surface area contributed by atoms with Crippen molar-refractivity contribution in [2.75, 3.05) is 90.8 Å². The van der Waals surface area contributed by atoms with E-state index in [4.69, 9.17) is 23.7 Å². The molecule has 752 valence electrons. The zero-order chi connectivity index (χ0) is 102. The number of anilines is 5. The Morgan fingerprint density at radius 2 is 0.596 bits per heavy atom. The smallest absolute Gasteiger partial charge is 0.414 e. The quantitative estimate of drug-likeness (QED) is 0.137. The SMILES string of the molecule is CC(=O)N1CCC2(CCN(C(=O)OC(C)(C)C)CC2)c2ccc(C(C)(C)C)cc21.CC(C)(C)OC(=O)N1CCC(C)(C)c2ccc(C(C)(C)C)cc21.CC(C)(C)OC(=O)N1CCC2(CCNc3cc(C(C)(C)C)ccc32)CC1.CC(C)(C)OC(=O)N1CCCc2ccc(C(C)(C)C)cc21.CC(C)(C)OC(=O)N1CCc2ccc(C(C)(C)C)cc2C1.CC(C)(C)c1ccc2c(c1)NCCC2(C)C. The Balaban J connectivity index is 0.000000184. The summed E-state index contributed by atoms with van der Waals surface area (Å²) in [7, 11) is 0. The minimum atomic E-state index is -0.480. The fourth-order valence-corrected chi connectivity index (χ4v) is 19.1. The molecule has 0 aliphatic carbocycles. The van der Waals surface area contributed by atoms with Gasteiger partial charge in [-0.05, 0) is 320 Å².